The number of hydrogen-bond donors (Lipinski definition) is 1. The second-order valence-corrected chi connectivity index (χ2v) is 6.40. The van der Waals surface area contributed by atoms with Crippen molar-refractivity contribution in [2.24, 2.45) is 17.8 Å². The first-order chi connectivity index (χ1) is 9.31. The Morgan fingerprint density at radius 2 is 1.68 bits per heavy atom. The predicted octanol–water partition coefficient (Wildman–Crippen LogP) is 3.79. The van der Waals surface area contributed by atoms with Crippen molar-refractivity contribution >= 4 is 10.8 Å². The minimum Gasteiger partial charge on any atom is -0.392 e. The van der Waals surface area contributed by atoms with Gasteiger partial charge in [-0.15, -0.1) is 0 Å². The lowest BCUT2D eigenvalue weighted by molar-refractivity contribution is 0.104. The van der Waals surface area contributed by atoms with Crippen LogP contribution in [0, 0.1) is 17.8 Å². The standard InChI is InChI=1S/C18H20O/c19-18(16-9-14-8-15(14)10-16)11-13-6-3-5-12-4-1-2-7-17(12)13/h1-7,14-16,18-19H,8-11H2. The summed E-state index contributed by atoms with van der Waals surface area (Å²) in [6, 6.07) is 14.9. The first-order valence-corrected chi connectivity index (χ1v) is 7.46. The second-order valence-electron chi connectivity index (χ2n) is 6.40. The molecular weight excluding hydrogens is 232 g/mol. The SMILES string of the molecule is OC(Cc1cccc2ccccc12)C1CC2CC2C1. The zero-order chi connectivity index (χ0) is 12.8. The summed E-state index contributed by atoms with van der Waals surface area (Å²) < 4.78 is 0. The van der Waals surface area contributed by atoms with E-state index in [4.69, 9.17) is 0 Å². The van der Waals surface area contributed by atoms with E-state index in [1.165, 1.54) is 35.6 Å². The molecule has 2 aliphatic carbocycles. The van der Waals surface area contributed by atoms with Gasteiger partial charge in [-0.3, -0.25) is 0 Å². The molecule has 0 radical (unpaired) electrons. The third kappa shape index (κ3) is 2.06. The Balaban J connectivity index is 1.57. The van der Waals surface area contributed by atoms with Crippen LogP contribution in [0.4, 0.5) is 0 Å². The van der Waals surface area contributed by atoms with Crippen LogP contribution in [0.3, 0.4) is 0 Å². The number of aliphatic hydroxyl groups excluding tert-OH is 1. The summed E-state index contributed by atoms with van der Waals surface area (Å²) >= 11 is 0. The van der Waals surface area contributed by atoms with Crippen LogP contribution in [0.1, 0.15) is 24.8 Å². The van der Waals surface area contributed by atoms with Gasteiger partial charge < -0.3 is 5.11 Å². The van der Waals surface area contributed by atoms with Gasteiger partial charge in [0.2, 0.25) is 0 Å². The summed E-state index contributed by atoms with van der Waals surface area (Å²) in [5.74, 6) is 2.45. The molecule has 3 atom stereocenters. The number of rotatable bonds is 3. The van der Waals surface area contributed by atoms with Gasteiger partial charge in [0.15, 0.2) is 0 Å². The van der Waals surface area contributed by atoms with E-state index in [0.29, 0.717) is 5.92 Å². The van der Waals surface area contributed by atoms with Gasteiger partial charge in [0, 0.05) is 0 Å². The van der Waals surface area contributed by atoms with Crippen LogP contribution in [-0.4, -0.2) is 11.2 Å². The van der Waals surface area contributed by atoms with Gasteiger partial charge in [-0.05, 0) is 59.8 Å². The van der Waals surface area contributed by atoms with Gasteiger partial charge in [-0.1, -0.05) is 42.5 Å². The van der Waals surface area contributed by atoms with E-state index >= 15 is 0 Å². The minimum atomic E-state index is -0.154. The Hall–Kier alpha value is -1.34. The van der Waals surface area contributed by atoms with Crippen LogP contribution < -0.4 is 0 Å². The van der Waals surface area contributed by atoms with Crippen molar-refractivity contribution in [2.45, 2.75) is 31.8 Å². The number of hydrogen-bond acceptors (Lipinski definition) is 1. The van der Waals surface area contributed by atoms with E-state index in [2.05, 4.69) is 42.5 Å². The zero-order valence-electron chi connectivity index (χ0n) is 11.1. The maximum Gasteiger partial charge on any atom is 0.0609 e. The Labute approximate surface area is 114 Å². The number of aliphatic hydroxyl groups is 1. The van der Waals surface area contributed by atoms with Gasteiger partial charge in [0.05, 0.1) is 6.10 Å². The summed E-state index contributed by atoms with van der Waals surface area (Å²) in [4.78, 5) is 0. The molecule has 4 rings (SSSR count). The summed E-state index contributed by atoms with van der Waals surface area (Å²) in [7, 11) is 0. The van der Waals surface area contributed by atoms with Crippen molar-refractivity contribution in [1.29, 1.82) is 0 Å². The van der Waals surface area contributed by atoms with Gasteiger partial charge in [0.1, 0.15) is 0 Å². The minimum absolute atomic E-state index is 0.154. The maximum absolute atomic E-state index is 10.5. The molecule has 0 aliphatic heterocycles. The van der Waals surface area contributed by atoms with Crippen molar-refractivity contribution in [2.75, 3.05) is 0 Å². The van der Waals surface area contributed by atoms with E-state index in [9.17, 15) is 5.11 Å². The molecule has 98 valence electrons. The average Bonchev–Trinajstić information content (AvgIpc) is 3.05. The zero-order valence-corrected chi connectivity index (χ0v) is 11.1. The third-order valence-corrected chi connectivity index (χ3v) is 5.13. The molecule has 0 saturated heterocycles. The highest BCUT2D eigenvalue weighted by atomic mass is 16.3. The first kappa shape index (κ1) is 11.5. The second kappa shape index (κ2) is 4.35. The Bertz CT molecular complexity index is 588. The monoisotopic (exact) mass is 252 g/mol. The van der Waals surface area contributed by atoms with Gasteiger partial charge >= 0.3 is 0 Å². The van der Waals surface area contributed by atoms with Crippen LogP contribution in [0.15, 0.2) is 42.5 Å². The van der Waals surface area contributed by atoms with E-state index in [-0.39, 0.29) is 6.10 Å². The molecule has 2 fully saturated rings. The molecule has 1 nitrogen and oxygen atoms in total. The lowest BCUT2D eigenvalue weighted by Crippen LogP contribution is -2.21. The van der Waals surface area contributed by atoms with Crippen LogP contribution in [0.25, 0.3) is 10.8 Å². The smallest absolute Gasteiger partial charge is 0.0609 e. The molecule has 0 aromatic heterocycles. The van der Waals surface area contributed by atoms with Crippen molar-refractivity contribution < 1.29 is 5.11 Å². The van der Waals surface area contributed by atoms with E-state index < -0.39 is 0 Å². The molecule has 2 aromatic rings. The summed E-state index contributed by atoms with van der Waals surface area (Å²) in [6.07, 6.45) is 4.61. The molecule has 0 spiro atoms. The molecule has 2 aromatic carbocycles. The van der Waals surface area contributed by atoms with E-state index in [1.54, 1.807) is 0 Å². The maximum atomic E-state index is 10.5. The van der Waals surface area contributed by atoms with E-state index in [0.717, 1.165) is 18.3 Å². The number of benzene rings is 2. The Kier molecular flexibility index (Phi) is 2.63. The molecule has 0 amide bonds. The van der Waals surface area contributed by atoms with Crippen LogP contribution in [0.2, 0.25) is 0 Å². The van der Waals surface area contributed by atoms with Gasteiger partial charge in [0.25, 0.3) is 0 Å². The molecular formula is C18H20O. The van der Waals surface area contributed by atoms with Crippen molar-refractivity contribution in [3.63, 3.8) is 0 Å². The van der Waals surface area contributed by atoms with Crippen molar-refractivity contribution in [3.05, 3.63) is 48.0 Å². The summed E-state index contributed by atoms with van der Waals surface area (Å²) in [5, 5.41) is 13.1. The van der Waals surface area contributed by atoms with E-state index in [1.807, 2.05) is 0 Å². The molecule has 1 heteroatoms. The van der Waals surface area contributed by atoms with Crippen molar-refractivity contribution in [3.8, 4) is 0 Å². The molecule has 2 aliphatic rings. The molecule has 3 unspecified atom stereocenters. The Morgan fingerprint density at radius 3 is 2.53 bits per heavy atom. The van der Waals surface area contributed by atoms with Gasteiger partial charge in [-0.25, -0.2) is 0 Å². The Morgan fingerprint density at radius 1 is 0.947 bits per heavy atom. The fourth-order valence-corrected chi connectivity index (χ4v) is 3.94. The fourth-order valence-electron chi connectivity index (χ4n) is 3.94. The molecule has 0 bridgehead atoms. The average molecular weight is 252 g/mol. The quantitative estimate of drug-likeness (QED) is 0.881. The van der Waals surface area contributed by atoms with Crippen LogP contribution in [0.5, 0.6) is 0 Å². The predicted molar refractivity (Wildman–Crippen MR) is 78.0 cm³/mol. The third-order valence-electron chi connectivity index (χ3n) is 5.13. The lowest BCUT2D eigenvalue weighted by atomic mass is 9.90. The lowest BCUT2D eigenvalue weighted by Gasteiger charge is -2.20. The van der Waals surface area contributed by atoms with Crippen LogP contribution in [-0.2, 0) is 6.42 Å². The largest absolute Gasteiger partial charge is 0.392 e. The highest BCUT2D eigenvalue weighted by Crippen LogP contribution is 2.55. The molecule has 1 N–H and O–H groups in total. The molecule has 2 saturated carbocycles. The summed E-state index contributed by atoms with van der Waals surface area (Å²) in [5.41, 5.74) is 1.30. The highest BCUT2D eigenvalue weighted by molar-refractivity contribution is 5.85. The van der Waals surface area contributed by atoms with Gasteiger partial charge in [-0.2, -0.15) is 0 Å². The topological polar surface area (TPSA) is 20.2 Å². The summed E-state index contributed by atoms with van der Waals surface area (Å²) in [6.45, 7) is 0. The molecule has 19 heavy (non-hydrogen) atoms. The normalized spacial score (nSPS) is 30.3. The number of fused-ring (bicyclic) bond motifs is 2. The fraction of sp³-hybridized carbons (Fsp3) is 0.444. The molecule has 0 heterocycles. The first-order valence-electron chi connectivity index (χ1n) is 7.46. The highest BCUT2D eigenvalue weighted by Gasteiger charge is 2.47. The van der Waals surface area contributed by atoms with Crippen molar-refractivity contribution in [1.82, 2.24) is 0 Å². The van der Waals surface area contributed by atoms with Crippen LogP contribution >= 0.6 is 0 Å².